The van der Waals surface area contributed by atoms with E-state index in [-0.39, 0.29) is 6.10 Å². The van der Waals surface area contributed by atoms with Crippen LogP contribution in [0.2, 0.25) is 0 Å². The summed E-state index contributed by atoms with van der Waals surface area (Å²) < 4.78 is 16.4. The lowest BCUT2D eigenvalue weighted by Crippen LogP contribution is -2.19. The van der Waals surface area contributed by atoms with Crippen LogP contribution in [0, 0.1) is 0 Å². The molecule has 0 radical (unpaired) electrons. The van der Waals surface area contributed by atoms with Gasteiger partial charge >= 0.3 is 0 Å². The van der Waals surface area contributed by atoms with Gasteiger partial charge in [-0.2, -0.15) is 0 Å². The lowest BCUT2D eigenvalue weighted by molar-refractivity contribution is 0.0655. The number of aliphatic hydroxyl groups is 1. The SMILES string of the molecule is COc1ccc([C@H]2C[C@H](O)c3ccc(OC)cc3O2)cc1. The highest BCUT2D eigenvalue weighted by molar-refractivity contribution is 5.44. The topological polar surface area (TPSA) is 47.9 Å². The van der Waals surface area contributed by atoms with E-state index in [9.17, 15) is 5.11 Å². The van der Waals surface area contributed by atoms with Crippen molar-refractivity contribution in [1.29, 1.82) is 0 Å². The molecular weight excluding hydrogens is 268 g/mol. The quantitative estimate of drug-likeness (QED) is 0.941. The third-order valence-electron chi connectivity index (χ3n) is 3.77. The van der Waals surface area contributed by atoms with E-state index in [0.717, 1.165) is 22.6 Å². The van der Waals surface area contributed by atoms with E-state index in [1.807, 2.05) is 42.5 Å². The maximum Gasteiger partial charge on any atom is 0.129 e. The zero-order valence-electron chi connectivity index (χ0n) is 12.1. The number of ether oxygens (including phenoxy) is 3. The number of fused-ring (bicyclic) bond motifs is 1. The number of rotatable bonds is 3. The van der Waals surface area contributed by atoms with Crippen LogP contribution in [0.1, 0.15) is 29.8 Å². The van der Waals surface area contributed by atoms with Crippen LogP contribution in [0.4, 0.5) is 0 Å². The molecule has 21 heavy (non-hydrogen) atoms. The van der Waals surface area contributed by atoms with Crippen molar-refractivity contribution >= 4 is 0 Å². The third kappa shape index (κ3) is 2.67. The number of methoxy groups -OCH3 is 2. The van der Waals surface area contributed by atoms with Crippen LogP contribution in [0.3, 0.4) is 0 Å². The molecule has 2 atom stereocenters. The predicted molar refractivity (Wildman–Crippen MR) is 78.9 cm³/mol. The van der Waals surface area contributed by atoms with Crippen molar-refractivity contribution in [3.8, 4) is 17.2 Å². The normalized spacial score (nSPS) is 20.3. The second-order valence-corrected chi connectivity index (χ2v) is 5.03. The summed E-state index contributed by atoms with van der Waals surface area (Å²) in [5, 5.41) is 10.3. The van der Waals surface area contributed by atoms with Gasteiger partial charge in [-0.1, -0.05) is 12.1 Å². The lowest BCUT2D eigenvalue weighted by atomic mass is 9.95. The molecule has 0 aromatic heterocycles. The van der Waals surface area contributed by atoms with E-state index >= 15 is 0 Å². The van der Waals surface area contributed by atoms with Gasteiger partial charge in [0.2, 0.25) is 0 Å². The van der Waals surface area contributed by atoms with Gasteiger partial charge in [-0.05, 0) is 29.8 Å². The lowest BCUT2D eigenvalue weighted by Gasteiger charge is -2.30. The monoisotopic (exact) mass is 286 g/mol. The van der Waals surface area contributed by atoms with E-state index in [1.54, 1.807) is 14.2 Å². The Morgan fingerprint density at radius 2 is 1.67 bits per heavy atom. The minimum Gasteiger partial charge on any atom is -0.497 e. The first-order chi connectivity index (χ1) is 10.2. The Kier molecular flexibility index (Phi) is 3.71. The smallest absolute Gasteiger partial charge is 0.129 e. The highest BCUT2D eigenvalue weighted by Crippen LogP contribution is 2.42. The first-order valence-electron chi connectivity index (χ1n) is 6.88. The molecule has 0 bridgehead atoms. The summed E-state index contributed by atoms with van der Waals surface area (Å²) >= 11 is 0. The van der Waals surface area contributed by atoms with Gasteiger partial charge < -0.3 is 19.3 Å². The first-order valence-corrected chi connectivity index (χ1v) is 6.88. The minimum absolute atomic E-state index is 0.175. The summed E-state index contributed by atoms with van der Waals surface area (Å²) in [6.45, 7) is 0. The Labute approximate surface area is 123 Å². The van der Waals surface area contributed by atoms with Crippen molar-refractivity contribution in [2.45, 2.75) is 18.6 Å². The number of benzene rings is 2. The van der Waals surface area contributed by atoms with E-state index in [4.69, 9.17) is 14.2 Å². The summed E-state index contributed by atoms with van der Waals surface area (Å²) in [4.78, 5) is 0. The zero-order valence-corrected chi connectivity index (χ0v) is 12.1. The third-order valence-corrected chi connectivity index (χ3v) is 3.77. The van der Waals surface area contributed by atoms with Crippen LogP contribution < -0.4 is 14.2 Å². The maximum absolute atomic E-state index is 10.3. The van der Waals surface area contributed by atoms with Crippen molar-refractivity contribution in [1.82, 2.24) is 0 Å². The van der Waals surface area contributed by atoms with Crippen LogP contribution in [0.15, 0.2) is 42.5 Å². The van der Waals surface area contributed by atoms with Gasteiger partial charge in [0.05, 0.1) is 20.3 Å². The molecule has 1 N–H and O–H groups in total. The molecule has 0 spiro atoms. The maximum atomic E-state index is 10.3. The average Bonchev–Trinajstić information content (AvgIpc) is 2.54. The molecule has 0 amide bonds. The fourth-order valence-corrected chi connectivity index (χ4v) is 2.57. The molecule has 0 aliphatic carbocycles. The summed E-state index contributed by atoms with van der Waals surface area (Å²) in [5.41, 5.74) is 1.82. The van der Waals surface area contributed by atoms with Gasteiger partial charge in [0.1, 0.15) is 23.4 Å². The molecule has 4 heteroatoms. The second kappa shape index (κ2) is 5.66. The molecule has 3 rings (SSSR count). The molecule has 0 fully saturated rings. The van der Waals surface area contributed by atoms with E-state index in [0.29, 0.717) is 12.2 Å². The first kappa shape index (κ1) is 13.8. The molecule has 4 nitrogen and oxygen atoms in total. The summed E-state index contributed by atoms with van der Waals surface area (Å²) in [5.74, 6) is 2.20. The van der Waals surface area contributed by atoms with Gasteiger partial charge in [-0.25, -0.2) is 0 Å². The summed E-state index contributed by atoms with van der Waals surface area (Å²) in [6, 6.07) is 13.2. The Hall–Kier alpha value is -2.20. The van der Waals surface area contributed by atoms with Crippen LogP contribution in [0.25, 0.3) is 0 Å². The molecule has 1 heterocycles. The van der Waals surface area contributed by atoms with Crippen molar-refractivity contribution < 1.29 is 19.3 Å². The van der Waals surface area contributed by atoms with Gasteiger partial charge in [0, 0.05) is 18.1 Å². The molecule has 110 valence electrons. The molecule has 2 aromatic rings. The van der Waals surface area contributed by atoms with Crippen LogP contribution in [-0.2, 0) is 0 Å². The van der Waals surface area contributed by atoms with Crippen LogP contribution in [-0.4, -0.2) is 19.3 Å². The van der Waals surface area contributed by atoms with Gasteiger partial charge in [-0.3, -0.25) is 0 Å². The van der Waals surface area contributed by atoms with Crippen molar-refractivity contribution in [2.24, 2.45) is 0 Å². The Balaban J connectivity index is 1.89. The highest BCUT2D eigenvalue weighted by atomic mass is 16.5. The van der Waals surface area contributed by atoms with Crippen molar-refractivity contribution in [2.75, 3.05) is 14.2 Å². The van der Waals surface area contributed by atoms with Gasteiger partial charge in [0.25, 0.3) is 0 Å². The standard InChI is InChI=1S/C17H18O4/c1-19-12-5-3-11(4-6-12)16-10-15(18)14-8-7-13(20-2)9-17(14)21-16/h3-9,15-16,18H,10H2,1-2H3/t15-,16+/m0/s1. The van der Waals surface area contributed by atoms with Crippen molar-refractivity contribution in [3.05, 3.63) is 53.6 Å². The predicted octanol–water partition coefficient (Wildman–Crippen LogP) is 3.26. The number of hydrogen-bond acceptors (Lipinski definition) is 4. The van der Waals surface area contributed by atoms with E-state index < -0.39 is 6.10 Å². The van der Waals surface area contributed by atoms with Crippen LogP contribution in [0.5, 0.6) is 17.2 Å². The van der Waals surface area contributed by atoms with Gasteiger partial charge in [0.15, 0.2) is 0 Å². The highest BCUT2D eigenvalue weighted by Gasteiger charge is 2.28. The molecule has 0 saturated heterocycles. The average molecular weight is 286 g/mol. The number of aliphatic hydroxyl groups excluding tert-OH is 1. The molecule has 0 unspecified atom stereocenters. The van der Waals surface area contributed by atoms with Gasteiger partial charge in [-0.15, -0.1) is 0 Å². The number of hydrogen-bond donors (Lipinski definition) is 1. The molecular formula is C17H18O4. The fraction of sp³-hybridized carbons (Fsp3) is 0.294. The Morgan fingerprint density at radius 3 is 2.33 bits per heavy atom. The second-order valence-electron chi connectivity index (χ2n) is 5.03. The van der Waals surface area contributed by atoms with E-state index in [2.05, 4.69) is 0 Å². The fourth-order valence-electron chi connectivity index (χ4n) is 2.57. The largest absolute Gasteiger partial charge is 0.497 e. The summed E-state index contributed by atoms with van der Waals surface area (Å²) in [6.07, 6.45) is -0.177. The molecule has 2 aromatic carbocycles. The molecule has 1 aliphatic rings. The molecule has 1 aliphatic heterocycles. The minimum atomic E-state index is -0.535. The Morgan fingerprint density at radius 1 is 1.00 bits per heavy atom. The van der Waals surface area contributed by atoms with E-state index in [1.165, 1.54) is 0 Å². The van der Waals surface area contributed by atoms with Crippen LogP contribution >= 0.6 is 0 Å². The zero-order chi connectivity index (χ0) is 14.8. The summed E-state index contributed by atoms with van der Waals surface area (Å²) in [7, 11) is 3.25. The Bertz CT molecular complexity index is 621. The van der Waals surface area contributed by atoms with Crippen molar-refractivity contribution in [3.63, 3.8) is 0 Å². The molecule has 0 saturated carbocycles.